The monoisotopic (exact) mass is 291 g/mol. The molecule has 1 atom stereocenters. The van der Waals surface area contributed by atoms with Gasteiger partial charge in [-0.3, -0.25) is 4.79 Å². The molecule has 0 unspecified atom stereocenters. The Hall–Kier alpha value is -1.84. The van der Waals surface area contributed by atoms with E-state index in [0.29, 0.717) is 17.9 Å². The maximum atomic E-state index is 12.2. The van der Waals surface area contributed by atoms with Crippen molar-refractivity contribution < 1.29 is 14.3 Å². The number of ether oxygens (including phenoxy) is 1. The SMILES string of the molecule is CCCC[C@@H](CC)C(=O)Nc1cccc(C(=O)OCC)c1. The summed E-state index contributed by atoms with van der Waals surface area (Å²) in [6.45, 7) is 6.25. The fourth-order valence-corrected chi connectivity index (χ4v) is 2.15. The van der Waals surface area contributed by atoms with Gasteiger partial charge in [0.15, 0.2) is 0 Å². The first-order valence-corrected chi connectivity index (χ1v) is 7.70. The first kappa shape index (κ1) is 17.2. The highest BCUT2D eigenvalue weighted by Gasteiger charge is 2.16. The van der Waals surface area contributed by atoms with Crippen LogP contribution in [0.15, 0.2) is 24.3 Å². The average molecular weight is 291 g/mol. The number of anilines is 1. The zero-order valence-corrected chi connectivity index (χ0v) is 13.1. The molecule has 4 heteroatoms. The van der Waals surface area contributed by atoms with Crippen LogP contribution >= 0.6 is 0 Å². The van der Waals surface area contributed by atoms with Crippen molar-refractivity contribution in [2.24, 2.45) is 5.92 Å². The maximum absolute atomic E-state index is 12.2. The van der Waals surface area contributed by atoms with Gasteiger partial charge in [-0.05, 0) is 38.0 Å². The summed E-state index contributed by atoms with van der Waals surface area (Å²) in [6, 6.07) is 6.87. The molecule has 0 heterocycles. The molecule has 0 saturated heterocycles. The summed E-state index contributed by atoms with van der Waals surface area (Å²) < 4.78 is 4.96. The average Bonchev–Trinajstić information content (AvgIpc) is 2.48. The second-order valence-electron chi connectivity index (χ2n) is 5.04. The second-order valence-corrected chi connectivity index (χ2v) is 5.04. The third kappa shape index (κ3) is 5.58. The van der Waals surface area contributed by atoms with E-state index < -0.39 is 0 Å². The van der Waals surface area contributed by atoms with Gasteiger partial charge in [0.2, 0.25) is 5.91 Å². The van der Waals surface area contributed by atoms with Crippen molar-refractivity contribution in [1.82, 2.24) is 0 Å². The van der Waals surface area contributed by atoms with Crippen molar-refractivity contribution in [1.29, 1.82) is 0 Å². The number of esters is 1. The van der Waals surface area contributed by atoms with E-state index in [4.69, 9.17) is 4.74 Å². The minimum atomic E-state index is -0.369. The topological polar surface area (TPSA) is 55.4 Å². The lowest BCUT2D eigenvalue weighted by Gasteiger charge is -2.15. The maximum Gasteiger partial charge on any atom is 0.338 e. The predicted molar refractivity (Wildman–Crippen MR) is 84.3 cm³/mol. The molecule has 1 aromatic carbocycles. The molecule has 116 valence electrons. The molecule has 0 aromatic heterocycles. The number of benzene rings is 1. The van der Waals surface area contributed by atoms with Crippen LogP contribution in [0.5, 0.6) is 0 Å². The molecule has 0 bridgehead atoms. The number of rotatable bonds is 8. The molecular formula is C17H25NO3. The van der Waals surface area contributed by atoms with Gasteiger partial charge in [-0.2, -0.15) is 0 Å². The number of amides is 1. The fraction of sp³-hybridized carbons (Fsp3) is 0.529. The summed E-state index contributed by atoms with van der Waals surface area (Å²) in [5.74, 6) is -0.324. The van der Waals surface area contributed by atoms with Gasteiger partial charge >= 0.3 is 5.97 Å². The Bertz CT molecular complexity index is 471. The zero-order chi connectivity index (χ0) is 15.7. The quantitative estimate of drug-likeness (QED) is 0.736. The van der Waals surface area contributed by atoms with Crippen molar-refractivity contribution >= 4 is 17.6 Å². The summed E-state index contributed by atoms with van der Waals surface area (Å²) in [5.41, 5.74) is 1.09. The number of nitrogens with one attached hydrogen (secondary N) is 1. The van der Waals surface area contributed by atoms with E-state index in [1.165, 1.54) is 0 Å². The van der Waals surface area contributed by atoms with Gasteiger partial charge in [0.1, 0.15) is 0 Å². The van der Waals surface area contributed by atoms with Gasteiger partial charge in [0, 0.05) is 11.6 Å². The van der Waals surface area contributed by atoms with Crippen molar-refractivity contribution in [3.63, 3.8) is 0 Å². The van der Waals surface area contributed by atoms with Crippen molar-refractivity contribution in [2.45, 2.75) is 46.5 Å². The van der Waals surface area contributed by atoms with Crippen LogP contribution in [0.2, 0.25) is 0 Å². The Kier molecular flexibility index (Phi) is 7.51. The predicted octanol–water partition coefficient (Wildman–Crippen LogP) is 4.02. The van der Waals surface area contributed by atoms with Crippen LogP contribution in [0.3, 0.4) is 0 Å². The largest absolute Gasteiger partial charge is 0.462 e. The van der Waals surface area contributed by atoms with E-state index in [2.05, 4.69) is 12.2 Å². The molecule has 0 spiro atoms. The third-order valence-electron chi connectivity index (χ3n) is 3.41. The first-order valence-electron chi connectivity index (χ1n) is 7.70. The molecule has 21 heavy (non-hydrogen) atoms. The third-order valence-corrected chi connectivity index (χ3v) is 3.41. The zero-order valence-electron chi connectivity index (χ0n) is 13.1. The lowest BCUT2D eigenvalue weighted by Crippen LogP contribution is -2.22. The summed E-state index contributed by atoms with van der Waals surface area (Å²) in [5, 5.41) is 2.89. The van der Waals surface area contributed by atoms with Gasteiger partial charge in [-0.1, -0.05) is 32.8 Å². The van der Waals surface area contributed by atoms with Crippen LogP contribution in [0.1, 0.15) is 56.8 Å². The molecule has 1 N–H and O–H groups in total. The number of carbonyl (C=O) groups excluding carboxylic acids is 2. The molecule has 0 saturated carbocycles. The lowest BCUT2D eigenvalue weighted by molar-refractivity contribution is -0.120. The molecular weight excluding hydrogens is 266 g/mol. The Labute approximate surface area is 126 Å². The number of hydrogen-bond donors (Lipinski definition) is 1. The number of unbranched alkanes of at least 4 members (excludes halogenated alkanes) is 1. The van der Waals surface area contributed by atoms with E-state index in [9.17, 15) is 9.59 Å². The molecule has 4 nitrogen and oxygen atoms in total. The molecule has 1 amide bonds. The fourth-order valence-electron chi connectivity index (χ4n) is 2.15. The van der Waals surface area contributed by atoms with Crippen LogP contribution in [0.4, 0.5) is 5.69 Å². The molecule has 0 aliphatic heterocycles. The minimum Gasteiger partial charge on any atom is -0.462 e. The van der Waals surface area contributed by atoms with E-state index >= 15 is 0 Å². The van der Waals surface area contributed by atoms with Crippen molar-refractivity contribution in [3.8, 4) is 0 Å². The molecule has 1 aromatic rings. The smallest absolute Gasteiger partial charge is 0.338 e. The van der Waals surface area contributed by atoms with Crippen LogP contribution in [-0.4, -0.2) is 18.5 Å². The molecule has 1 rings (SSSR count). The molecule has 0 aliphatic carbocycles. The highest BCUT2D eigenvalue weighted by atomic mass is 16.5. The number of hydrogen-bond acceptors (Lipinski definition) is 3. The molecule has 0 fully saturated rings. The Morgan fingerprint density at radius 1 is 1.24 bits per heavy atom. The second kappa shape index (κ2) is 9.16. The van der Waals surface area contributed by atoms with Crippen molar-refractivity contribution in [3.05, 3.63) is 29.8 Å². The van der Waals surface area contributed by atoms with Gasteiger partial charge in [-0.15, -0.1) is 0 Å². The lowest BCUT2D eigenvalue weighted by atomic mass is 9.98. The van der Waals surface area contributed by atoms with Gasteiger partial charge in [0.05, 0.1) is 12.2 Å². The van der Waals surface area contributed by atoms with Crippen LogP contribution in [-0.2, 0) is 9.53 Å². The van der Waals surface area contributed by atoms with Gasteiger partial charge < -0.3 is 10.1 Å². The Morgan fingerprint density at radius 2 is 2.00 bits per heavy atom. The standard InChI is InChI=1S/C17H25NO3/c1-4-7-9-13(5-2)16(19)18-15-11-8-10-14(12-15)17(20)21-6-3/h8,10-13H,4-7,9H2,1-3H3,(H,18,19)/t13-/m1/s1. The van der Waals surface area contributed by atoms with E-state index in [1.807, 2.05) is 6.92 Å². The normalized spacial score (nSPS) is 11.8. The summed E-state index contributed by atoms with van der Waals surface area (Å²) in [6.07, 6.45) is 3.86. The van der Waals surface area contributed by atoms with E-state index in [0.717, 1.165) is 25.7 Å². The molecule has 0 aliphatic rings. The van der Waals surface area contributed by atoms with Crippen LogP contribution < -0.4 is 5.32 Å². The number of carbonyl (C=O) groups is 2. The van der Waals surface area contributed by atoms with Crippen molar-refractivity contribution in [2.75, 3.05) is 11.9 Å². The summed E-state index contributed by atoms with van der Waals surface area (Å²) in [4.78, 5) is 23.9. The molecule has 0 radical (unpaired) electrons. The Morgan fingerprint density at radius 3 is 2.62 bits per heavy atom. The first-order chi connectivity index (χ1) is 10.1. The Balaban J connectivity index is 2.71. The van der Waals surface area contributed by atoms with Gasteiger partial charge in [0.25, 0.3) is 0 Å². The summed E-state index contributed by atoms with van der Waals surface area (Å²) in [7, 11) is 0. The van der Waals surface area contributed by atoms with Crippen LogP contribution in [0, 0.1) is 5.92 Å². The summed E-state index contributed by atoms with van der Waals surface area (Å²) >= 11 is 0. The van der Waals surface area contributed by atoms with E-state index in [1.54, 1.807) is 31.2 Å². The highest BCUT2D eigenvalue weighted by molar-refractivity contribution is 5.95. The van der Waals surface area contributed by atoms with E-state index in [-0.39, 0.29) is 17.8 Å². The highest BCUT2D eigenvalue weighted by Crippen LogP contribution is 2.17. The van der Waals surface area contributed by atoms with Gasteiger partial charge in [-0.25, -0.2) is 4.79 Å². The minimum absolute atomic E-state index is 0.0203. The van der Waals surface area contributed by atoms with Crippen LogP contribution in [0.25, 0.3) is 0 Å².